The Labute approximate surface area is 138 Å². The van der Waals surface area contributed by atoms with E-state index >= 15 is 0 Å². The molecule has 0 unspecified atom stereocenters. The number of ketones is 1. The van der Waals surface area contributed by atoms with E-state index in [1.807, 2.05) is 6.92 Å². The first kappa shape index (κ1) is 16.5. The molecule has 0 fully saturated rings. The van der Waals surface area contributed by atoms with E-state index in [0.717, 1.165) is 5.56 Å². The van der Waals surface area contributed by atoms with Crippen LogP contribution < -0.4 is 0 Å². The smallest absolute Gasteiger partial charge is 0.295 e. The predicted molar refractivity (Wildman–Crippen MR) is 85.2 cm³/mol. The minimum absolute atomic E-state index is 0.225. The highest BCUT2D eigenvalue weighted by Crippen LogP contribution is 2.22. The van der Waals surface area contributed by atoms with Crippen molar-refractivity contribution in [2.45, 2.75) is 20.0 Å². The van der Waals surface area contributed by atoms with Gasteiger partial charge in [-0.1, -0.05) is 29.3 Å². The molecule has 0 saturated heterocycles. The summed E-state index contributed by atoms with van der Waals surface area (Å²) in [5, 5.41) is 4.97. The third-order valence-corrected chi connectivity index (χ3v) is 3.77. The van der Waals surface area contributed by atoms with E-state index < -0.39 is 11.7 Å². The first-order valence-corrected chi connectivity index (χ1v) is 7.44. The number of rotatable bonds is 5. The van der Waals surface area contributed by atoms with Gasteiger partial charge in [0.25, 0.3) is 11.7 Å². The number of hydrogen-bond donors (Lipinski definition) is 0. The van der Waals surface area contributed by atoms with E-state index in [2.05, 4.69) is 5.10 Å². The van der Waals surface area contributed by atoms with Crippen molar-refractivity contribution in [1.82, 2.24) is 14.7 Å². The van der Waals surface area contributed by atoms with Gasteiger partial charge < -0.3 is 4.90 Å². The van der Waals surface area contributed by atoms with Crippen molar-refractivity contribution in [3.8, 4) is 0 Å². The fourth-order valence-electron chi connectivity index (χ4n) is 1.93. The highest BCUT2D eigenvalue weighted by Gasteiger charge is 2.22. The lowest BCUT2D eigenvalue weighted by atomic mass is 10.2. The summed E-state index contributed by atoms with van der Waals surface area (Å²) in [6.45, 7) is 2.76. The molecular formula is C15H15Cl2N3O2. The number of likely N-dealkylation sites (N-methyl/N-ethyl adjacent to an activating group) is 1. The summed E-state index contributed by atoms with van der Waals surface area (Å²) >= 11 is 11.9. The summed E-state index contributed by atoms with van der Waals surface area (Å²) in [5.74, 6) is -1.20. The van der Waals surface area contributed by atoms with Gasteiger partial charge in [0.05, 0.1) is 11.8 Å². The van der Waals surface area contributed by atoms with E-state index in [1.54, 1.807) is 36.1 Å². The summed E-state index contributed by atoms with van der Waals surface area (Å²) in [6, 6.07) is 5.02. The maximum absolute atomic E-state index is 12.2. The van der Waals surface area contributed by atoms with E-state index in [1.165, 1.54) is 11.1 Å². The number of aromatic nitrogens is 2. The zero-order valence-corrected chi connectivity index (χ0v) is 13.7. The zero-order valence-electron chi connectivity index (χ0n) is 12.2. The molecule has 116 valence electrons. The third-order valence-electron chi connectivity index (χ3n) is 3.18. The lowest BCUT2D eigenvalue weighted by Gasteiger charge is -2.17. The number of nitrogens with zero attached hydrogens (tertiary/aromatic N) is 3. The predicted octanol–water partition coefficient (Wildman–Crippen LogP) is 3.05. The van der Waals surface area contributed by atoms with Crippen LogP contribution in [0.25, 0.3) is 0 Å². The maximum Gasteiger partial charge on any atom is 0.295 e. The number of aryl methyl sites for hydroxylation is 1. The van der Waals surface area contributed by atoms with Crippen molar-refractivity contribution in [3.05, 3.63) is 51.8 Å². The van der Waals surface area contributed by atoms with E-state index in [9.17, 15) is 9.59 Å². The minimum atomic E-state index is -0.610. The second kappa shape index (κ2) is 6.94. The van der Waals surface area contributed by atoms with Gasteiger partial charge in [0, 0.05) is 36.4 Å². The average Bonchev–Trinajstić information content (AvgIpc) is 2.97. The summed E-state index contributed by atoms with van der Waals surface area (Å²) in [4.78, 5) is 25.7. The number of amides is 1. The Morgan fingerprint density at radius 1 is 1.32 bits per heavy atom. The Kier molecular flexibility index (Phi) is 5.21. The largest absolute Gasteiger partial charge is 0.334 e. The van der Waals surface area contributed by atoms with Crippen LogP contribution in [0.15, 0.2) is 30.6 Å². The molecule has 0 aliphatic heterocycles. The van der Waals surface area contributed by atoms with E-state index in [0.29, 0.717) is 16.6 Å². The summed E-state index contributed by atoms with van der Waals surface area (Å²) in [5.41, 5.74) is 1.000. The van der Waals surface area contributed by atoms with Crippen molar-refractivity contribution >= 4 is 34.9 Å². The Morgan fingerprint density at radius 3 is 2.64 bits per heavy atom. The molecule has 1 amide bonds. The normalized spacial score (nSPS) is 10.5. The molecule has 0 bridgehead atoms. The third kappa shape index (κ3) is 3.67. The molecule has 0 saturated carbocycles. The first-order valence-electron chi connectivity index (χ1n) is 6.68. The molecule has 0 spiro atoms. The number of Topliss-reactive ketones (excluding diaryl/α,β-unsaturated/α-hetero) is 1. The van der Waals surface area contributed by atoms with Gasteiger partial charge in [0.15, 0.2) is 0 Å². The molecule has 0 atom stereocenters. The van der Waals surface area contributed by atoms with Gasteiger partial charge in [-0.3, -0.25) is 14.3 Å². The molecule has 5 nitrogen and oxygen atoms in total. The van der Waals surface area contributed by atoms with Crippen molar-refractivity contribution in [3.63, 3.8) is 0 Å². The zero-order chi connectivity index (χ0) is 16.3. The molecule has 0 aliphatic rings. The van der Waals surface area contributed by atoms with Crippen LogP contribution in [-0.4, -0.2) is 33.4 Å². The second-order valence-electron chi connectivity index (χ2n) is 4.81. The number of halogens is 2. The van der Waals surface area contributed by atoms with Crippen LogP contribution in [-0.2, 0) is 17.9 Å². The molecule has 0 radical (unpaired) electrons. The van der Waals surface area contributed by atoms with Crippen molar-refractivity contribution in [2.24, 2.45) is 0 Å². The van der Waals surface area contributed by atoms with Gasteiger partial charge in [0.2, 0.25) is 0 Å². The van der Waals surface area contributed by atoms with Crippen LogP contribution in [0.5, 0.6) is 0 Å². The number of carbonyl (C=O) groups excluding carboxylic acids is 2. The minimum Gasteiger partial charge on any atom is -0.334 e. The molecule has 1 aromatic carbocycles. The van der Waals surface area contributed by atoms with E-state index in [-0.39, 0.29) is 12.1 Å². The summed E-state index contributed by atoms with van der Waals surface area (Å²) < 4.78 is 1.59. The second-order valence-corrected chi connectivity index (χ2v) is 5.65. The van der Waals surface area contributed by atoms with E-state index in [4.69, 9.17) is 23.2 Å². The molecular weight excluding hydrogens is 325 g/mol. The van der Waals surface area contributed by atoms with Crippen LogP contribution in [0.2, 0.25) is 10.0 Å². The molecule has 1 aromatic heterocycles. The van der Waals surface area contributed by atoms with Crippen LogP contribution in [0.3, 0.4) is 0 Å². The van der Waals surface area contributed by atoms with Crippen molar-refractivity contribution in [2.75, 3.05) is 7.05 Å². The van der Waals surface area contributed by atoms with Gasteiger partial charge in [0.1, 0.15) is 0 Å². The van der Waals surface area contributed by atoms with Gasteiger partial charge in [-0.15, -0.1) is 0 Å². The van der Waals surface area contributed by atoms with Crippen molar-refractivity contribution < 1.29 is 9.59 Å². The molecule has 0 N–H and O–H groups in total. The SMILES string of the molecule is CCn1cc(C(=O)C(=O)N(C)Cc2ccc(Cl)cc2Cl)cn1. The first-order chi connectivity index (χ1) is 10.4. The van der Waals surface area contributed by atoms with Crippen LogP contribution in [0.4, 0.5) is 0 Å². The fourth-order valence-corrected chi connectivity index (χ4v) is 2.40. The Hall–Kier alpha value is -1.85. The highest BCUT2D eigenvalue weighted by atomic mass is 35.5. The lowest BCUT2D eigenvalue weighted by molar-refractivity contribution is -0.125. The van der Waals surface area contributed by atoms with Crippen LogP contribution in [0, 0.1) is 0 Å². The highest BCUT2D eigenvalue weighted by molar-refractivity contribution is 6.42. The van der Waals surface area contributed by atoms with Gasteiger partial charge in [-0.05, 0) is 24.6 Å². The molecule has 0 aliphatic carbocycles. The van der Waals surface area contributed by atoms with Gasteiger partial charge in [-0.25, -0.2) is 0 Å². The monoisotopic (exact) mass is 339 g/mol. The van der Waals surface area contributed by atoms with Gasteiger partial charge in [-0.2, -0.15) is 5.10 Å². The Morgan fingerprint density at radius 2 is 2.05 bits per heavy atom. The summed E-state index contributed by atoms with van der Waals surface area (Å²) in [7, 11) is 1.55. The standard InChI is InChI=1S/C15H15Cl2N3O2/c1-3-20-9-11(7-18-20)14(21)15(22)19(2)8-10-4-5-12(16)6-13(10)17/h4-7,9H,3,8H2,1-2H3. The number of hydrogen-bond acceptors (Lipinski definition) is 3. The van der Waals surface area contributed by atoms with Crippen molar-refractivity contribution in [1.29, 1.82) is 0 Å². The lowest BCUT2D eigenvalue weighted by Crippen LogP contribution is -2.32. The Bertz CT molecular complexity index is 713. The van der Waals surface area contributed by atoms with Crippen LogP contribution in [0.1, 0.15) is 22.8 Å². The fraction of sp³-hybridized carbons (Fsp3) is 0.267. The average molecular weight is 340 g/mol. The molecule has 7 heteroatoms. The molecule has 22 heavy (non-hydrogen) atoms. The van der Waals surface area contributed by atoms with Crippen LogP contribution >= 0.6 is 23.2 Å². The molecule has 2 rings (SSSR count). The topological polar surface area (TPSA) is 55.2 Å². The molecule has 2 aromatic rings. The number of carbonyl (C=O) groups is 2. The quantitative estimate of drug-likeness (QED) is 0.621. The van der Waals surface area contributed by atoms with Gasteiger partial charge >= 0.3 is 0 Å². The Balaban J connectivity index is 2.09. The molecule has 1 heterocycles. The summed E-state index contributed by atoms with van der Waals surface area (Å²) in [6.07, 6.45) is 2.95. The maximum atomic E-state index is 12.2. The number of benzene rings is 1.